The molecule has 0 bridgehead atoms. The van der Waals surface area contributed by atoms with Crippen LogP contribution in [0.15, 0.2) is 72.1 Å². The van der Waals surface area contributed by atoms with Crippen LogP contribution in [0.3, 0.4) is 0 Å². The van der Waals surface area contributed by atoms with Crippen LogP contribution in [0.25, 0.3) is 6.08 Å². The van der Waals surface area contributed by atoms with E-state index >= 15 is 0 Å². The predicted molar refractivity (Wildman–Crippen MR) is 141 cm³/mol. The Morgan fingerprint density at radius 3 is 2.25 bits per heavy atom. The van der Waals surface area contributed by atoms with Crippen molar-refractivity contribution in [3.63, 3.8) is 0 Å². The molecule has 4 unspecified atom stereocenters. The van der Waals surface area contributed by atoms with E-state index in [4.69, 9.17) is 0 Å². The summed E-state index contributed by atoms with van der Waals surface area (Å²) < 4.78 is 0. The Labute approximate surface area is 215 Å². The minimum absolute atomic E-state index is 0.119. The molecule has 1 N–H and O–H groups in total. The number of aliphatic carboxylic acids is 1. The molecule has 3 aromatic rings. The molecular formula is C30H29NO4S. The number of amides is 1. The summed E-state index contributed by atoms with van der Waals surface area (Å²) in [6.45, 7) is 3.84. The number of hydrogen-bond donors (Lipinski definition) is 1. The molecule has 1 saturated carbocycles. The minimum atomic E-state index is -1.11. The third kappa shape index (κ3) is 4.42. The number of nitrogens with zero attached hydrogens (tertiary/aromatic N) is 1. The SMILES string of the molecule is Cc1ccccc1C(=O)C1C(c2sccc2C)C(C(=O)O)N(C(=O)C2CC2)C1C=Cc1ccccc1. The highest BCUT2D eigenvalue weighted by atomic mass is 32.1. The first-order valence-corrected chi connectivity index (χ1v) is 13.2. The van der Waals surface area contributed by atoms with Crippen molar-refractivity contribution in [1.82, 2.24) is 4.90 Å². The summed E-state index contributed by atoms with van der Waals surface area (Å²) in [5.74, 6) is -2.87. The highest BCUT2D eigenvalue weighted by Crippen LogP contribution is 2.49. The first kappa shape index (κ1) is 24.2. The lowest BCUT2D eigenvalue weighted by atomic mass is 9.79. The van der Waals surface area contributed by atoms with Gasteiger partial charge in [0.15, 0.2) is 5.78 Å². The van der Waals surface area contributed by atoms with E-state index in [0.717, 1.165) is 34.4 Å². The maximum Gasteiger partial charge on any atom is 0.327 e. The molecule has 4 atom stereocenters. The molecule has 5 rings (SSSR count). The summed E-state index contributed by atoms with van der Waals surface area (Å²) in [6, 6.07) is 17.3. The van der Waals surface area contributed by atoms with Crippen molar-refractivity contribution in [2.24, 2.45) is 11.8 Å². The van der Waals surface area contributed by atoms with Gasteiger partial charge in [0, 0.05) is 22.3 Å². The van der Waals surface area contributed by atoms with E-state index in [1.54, 1.807) is 6.07 Å². The first-order chi connectivity index (χ1) is 17.4. The number of carbonyl (C=O) groups excluding carboxylic acids is 2. The monoisotopic (exact) mass is 499 g/mol. The van der Waals surface area contributed by atoms with Crippen molar-refractivity contribution < 1.29 is 19.5 Å². The van der Waals surface area contributed by atoms with E-state index in [-0.39, 0.29) is 17.6 Å². The number of hydrogen-bond acceptors (Lipinski definition) is 4. The van der Waals surface area contributed by atoms with Crippen LogP contribution in [0.5, 0.6) is 0 Å². The van der Waals surface area contributed by atoms with Crippen LogP contribution >= 0.6 is 11.3 Å². The summed E-state index contributed by atoms with van der Waals surface area (Å²) in [7, 11) is 0. The Bertz CT molecular complexity index is 1320. The van der Waals surface area contributed by atoms with Crippen molar-refractivity contribution in [3.05, 3.63) is 99.3 Å². The Morgan fingerprint density at radius 2 is 1.64 bits per heavy atom. The zero-order chi connectivity index (χ0) is 25.4. The first-order valence-electron chi connectivity index (χ1n) is 12.3. The van der Waals surface area contributed by atoms with Gasteiger partial charge in [-0.15, -0.1) is 11.3 Å². The number of Topliss-reactive ketones (excluding diaryl/α,β-unsaturated/α-hetero) is 1. The van der Waals surface area contributed by atoms with Crippen molar-refractivity contribution >= 4 is 35.1 Å². The number of benzene rings is 2. The average molecular weight is 500 g/mol. The summed E-state index contributed by atoms with van der Waals surface area (Å²) in [4.78, 5) is 43.1. The van der Waals surface area contributed by atoms with E-state index in [2.05, 4.69) is 0 Å². The second-order valence-corrected chi connectivity index (χ2v) is 10.7. The van der Waals surface area contributed by atoms with E-state index in [1.807, 2.05) is 86.0 Å². The number of carboxylic acids is 1. The number of rotatable bonds is 7. The van der Waals surface area contributed by atoms with E-state index in [9.17, 15) is 19.5 Å². The van der Waals surface area contributed by atoms with E-state index in [1.165, 1.54) is 16.2 Å². The molecule has 0 spiro atoms. The summed E-state index contributed by atoms with van der Waals surface area (Å²) in [5, 5.41) is 12.4. The summed E-state index contributed by atoms with van der Waals surface area (Å²) in [6.07, 6.45) is 5.29. The van der Waals surface area contributed by atoms with Gasteiger partial charge in [0.25, 0.3) is 0 Å². The highest BCUT2D eigenvalue weighted by Gasteiger charge is 2.58. The van der Waals surface area contributed by atoms with Gasteiger partial charge in [-0.3, -0.25) is 9.59 Å². The van der Waals surface area contributed by atoms with E-state index in [0.29, 0.717) is 5.56 Å². The molecule has 0 radical (unpaired) electrons. The van der Waals surface area contributed by atoms with Crippen molar-refractivity contribution in [3.8, 4) is 0 Å². The van der Waals surface area contributed by atoms with Gasteiger partial charge in [-0.05, 0) is 54.8 Å². The van der Waals surface area contributed by atoms with Gasteiger partial charge in [-0.2, -0.15) is 0 Å². The van der Waals surface area contributed by atoms with Gasteiger partial charge in [0.05, 0.1) is 12.0 Å². The van der Waals surface area contributed by atoms with Crippen LogP contribution < -0.4 is 0 Å². The lowest BCUT2D eigenvalue weighted by Crippen LogP contribution is -2.46. The molecule has 2 fully saturated rings. The van der Waals surface area contributed by atoms with Crippen molar-refractivity contribution in [1.29, 1.82) is 0 Å². The zero-order valence-corrected chi connectivity index (χ0v) is 21.2. The normalized spacial score (nSPS) is 23.8. The number of likely N-dealkylation sites (tertiary alicyclic amines) is 1. The highest BCUT2D eigenvalue weighted by molar-refractivity contribution is 7.10. The number of ketones is 1. The number of carbonyl (C=O) groups is 3. The molecule has 2 aliphatic rings. The van der Waals surface area contributed by atoms with E-state index < -0.39 is 29.9 Å². The number of carboxylic acid groups (broad SMARTS) is 1. The molecule has 1 aromatic heterocycles. The third-order valence-corrected chi connectivity index (χ3v) is 8.47. The van der Waals surface area contributed by atoms with Crippen molar-refractivity contribution in [2.45, 2.75) is 44.7 Å². The topological polar surface area (TPSA) is 74.7 Å². The molecule has 1 amide bonds. The molecule has 184 valence electrons. The average Bonchev–Trinajstić information content (AvgIpc) is 3.55. The second kappa shape index (κ2) is 9.86. The van der Waals surface area contributed by atoms with Crippen LogP contribution in [0.1, 0.15) is 50.7 Å². The number of aryl methyl sites for hydroxylation is 2. The maximum atomic E-state index is 14.3. The molecule has 2 heterocycles. The van der Waals surface area contributed by atoms with Gasteiger partial charge in [-0.25, -0.2) is 4.79 Å². The lowest BCUT2D eigenvalue weighted by Gasteiger charge is -2.28. The second-order valence-electron chi connectivity index (χ2n) is 9.76. The van der Waals surface area contributed by atoms with Gasteiger partial charge in [-0.1, -0.05) is 66.7 Å². The Hall–Kier alpha value is -3.51. The van der Waals surface area contributed by atoms with Gasteiger partial charge in [0.1, 0.15) is 6.04 Å². The van der Waals surface area contributed by atoms with Gasteiger partial charge < -0.3 is 10.0 Å². The summed E-state index contributed by atoms with van der Waals surface area (Å²) >= 11 is 1.47. The largest absolute Gasteiger partial charge is 0.480 e. The van der Waals surface area contributed by atoms with Crippen LogP contribution in [-0.4, -0.2) is 39.7 Å². The standard InChI is InChI=1S/C30H29NO4S/c1-18-8-6-7-11-22(18)27(32)24-23(15-12-20-9-4-3-5-10-20)31(29(33)21-13-14-21)26(30(34)35)25(24)28-19(2)16-17-36-28/h3-12,15-17,21,23-26H,13-14H2,1-2H3,(H,34,35). The molecule has 6 heteroatoms. The Balaban J connectivity index is 1.70. The molecule has 1 aliphatic heterocycles. The Kier molecular flexibility index (Phi) is 6.63. The number of thiophene rings is 1. The molecule has 2 aromatic carbocycles. The third-order valence-electron chi connectivity index (χ3n) is 7.35. The molecule has 1 aliphatic carbocycles. The fourth-order valence-corrected chi connectivity index (χ4v) is 6.51. The van der Waals surface area contributed by atoms with Crippen LogP contribution in [-0.2, 0) is 9.59 Å². The van der Waals surface area contributed by atoms with Gasteiger partial charge in [0.2, 0.25) is 5.91 Å². The fraction of sp³-hybridized carbons (Fsp3) is 0.300. The van der Waals surface area contributed by atoms with Crippen LogP contribution in [0.2, 0.25) is 0 Å². The molecule has 36 heavy (non-hydrogen) atoms. The Morgan fingerprint density at radius 1 is 0.944 bits per heavy atom. The quantitative estimate of drug-likeness (QED) is 0.421. The minimum Gasteiger partial charge on any atom is -0.480 e. The van der Waals surface area contributed by atoms with Crippen molar-refractivity contribution in [2.75, 3.05) is 0 Å². The lowest BCUT2D eigenvalue weighted by molar-refractivity contribution is -0.150. The molecule has 1 saturated heterocycles. The summed E-state index contributed by atoms with van der Waals surface area (Å²) in [5.41, 5.74) is 3.30. The molecular weight excluding hydrogens is 470 g/mol. The smallest absolute Gasteiger partial charge is 0.327 e. The molecule has 5 nitrogen and oxygen atoms in total. The van der Waals surface area contributed by atoms with Crippen LogP contribution in [0, 0.1) is 25.7 Å². The van der Waals surface area contributed by atoms with Crippen LogP contribution in [0.4, 0.5) is 0 Å². The maximum absolute atomic E-state index is 14.3. The zero-order valence-electron chi connectivity index (χ0n) is 20.3. The fourth-order valence-electron chi connectivity index (χ4n) is 5.40. The van der Waals surface area contributed by atoms with Gasteiger partial charge >= 0.3 is 5.97 Å². The predicted octanol–water partition coefficient (Wildman–Crippen LogP) is 5.74.